The van der Waals surface area contributed by atoms with E-state index in [1.807, 2.05) is 0 Å². The zero-order valence-corrected chi connectivity index (χ0v) is 14.0. The summed E-state index contributed by atoms with van der Waals surface area (Å²) < 4.78 is 0. The molecular weight excluding hydrogens is 334 g/mol. The van der Waals surface area contributed by atoms with Crippen LogP contribution < -0.4 is 0 Å². The van der Waals surface area contributed by atoms with Crippen molar-refractivity contribution in [3.63, 3.8) is 0 Å². The fourth-order valence-electron chi connectivity index (χ4n) is 1.90. The average molecular weight is 343 g/mol. The summed E-state index contributed by atoms with van der Waals surface area (Å²) >= 11 is 0. The normalized spacial score (nSPS) is 9.60. The molecule has 0 heterocycles. The molecule has 0 bridgehead atoms. The molecule has 0 spiro atoms. The van der Waals surface area contributed by atoms with E-state index in [-0.39, 0.29) is 65.4 Å². The second kappa shape index (κ2) is 5.73. The molecule has 2 radical (unpaired) electrons. The van der Waals surface area contributed by atoms with E-state index in [9.17, 15) is 0 Å². The number of rotatable bonds is 0. The average Bonchev–Trinajstić information content (AvgIpc) is 2.56. The second-order valence-corrected chi connectivity index (χ2v) is 3.32. The first-order valence-electron chi connectivity index (χ1n) is 4.48. The van der Waals surface area contributed by atoms with Gasteiger partial charge in [0.25, 0.3) is 0 Å². The van der Waals surface area contributed by atoms with E-state index in [0.29, 0.717) is 0 Å². The summed E-state index contributed by atoms with van der Waals surface area (Å²) in [5.74, 6) is 0. The monoisotopic (exact) mass is 343 g/mol. The molecule has 15 heavy (non-hydrogen) atoms. The van der Waals surface area contributed by atoms with Gasteiger partial charge in [0, 0.05) is 65.4 Å². The van der Waals surface area contributed by atoms with Gasteiger partial charge in [-0.1, -0.05) is 36.4 Å². The first-order valence-corrected chi connectivity index (χ1v) is 4.48. The van der Waals surface area contributed by atoms with Gasteiger partial charge in [0.1, 0.15) is 0 Å². The number of benzene rings is 2. The van der Waals surface area contributed by atoms with Crippen LogP contribution in [0.3, 0.4) is 0 Å². The minimum atomic E-state index is 0. The number of hydrogen-bond donors (Lipinski definition) is 0. The summed E-state index contributed by atoms with van der Waals surface area (Å²) in [6.45, 7) is 0. The van der Waals surface area contributed by atoms with Gasteiger partial charge in [-0.05, 0) is 0 Å². The summed E-state index contributed by atoms with van der Waals surface area (Å²) in [4.78, 5) is 0. The Kier molecular flexibility index (Phi) is 5.19. The standard InChI is InChI=1S/C13H9.2Y/c1-3-7-12-10(5-1)9-11-6-2-4-8-13(11)12;;/h1-9H;;/q-1;;. The third-order valence-electron chi connectivity index (χ3n) is 2.52. The molecule has 0 fully saturated rings. The Labute approximate surface area is 140 Å². The van der Waals surface area contributed by atoms with E-state index in [2.05, 4.69) is 54.6 Å². The van der Waals surface area contributed by atoms with Crippen molar-refractivity contribution in [1.82, 2.24) is 0 Å². The second-order valence-electron chi connectivity index (χ2n) is 3.32. The number of fused-ring (bicyclic) bond motifs is 3. The van der Waals surface area contributed by atoms with E-state index in [4.69, 9.17) is 0 Å². The first-order chi connectivity index (χ1) is 6.45. The molecule has 0 aromatic heterocycles. The molecule has 68 valence electrons. The molecule has 3 aromatic rings. The van der Waals surface area contributed by atoms with Crippen molar-refractivity contribution in [2.75, 3.05) is 0 Å². The molecule has 0 N–H and O–H groups in total. The van der Waals surface area contributed by atoms with Gasteiger partial charge in [-0.15, -0.1) is 39.7 Å². The fourth-order valence-corrected chi connectivity index (χ4v) is 1.90. The minimum absolute atomic E-state index is 0. The molecule has 2 heteroatoms. The van der Waals surface area contributed by atoms with Crippen LogP contribution >= 0.6 is 0 Å². The summed E-state index contributed by atoms with van der Waals surface area (Å²) in [6, 6.07) is 19.3. The molecular formula is C13H9Y2-. The third-order valence-corrected chi connectivity index (χ3v) is 2.52. The van der Waals surface area contributed by atoms with Gasteiger partial charge in [0.2, 0.25) is 0 Å². The molecule has 0 saturated carbocycles. The molecule has 3 aromatic carbocycles. The zero-order valence-electron chi connectivity index (χ0n) is 8.35. The van der Waals surface area contributed by atoms with Crippen LogP contribution in [-0.4, -0.2) is 0 Å². The van der Waals surface area contributed by atoms with Gasteiger partial charge in [0.05, 0.1) is 0 Å². The van der Waals surface area contributed by atoms with E-state index >= 15 is 0 Å². The van der Waals surface area contributed by atoms with Crippen molar-refractivity contribution < 1.29 is 65.4 Å². The first kappa shape index (κ1) is 13.6. The van der Waals surface area contributed by atoms with Crippen molar-refractivity contribution in [3.8, 4) is 0 Å². The van der Waals surface area contributed by atoms with E-state index in [1.165, 1.54) is 21.5 Å². The Morgan fingerprint density at radius 3 is 1.47 bits per heavy atom. The van der Waals surface area contributed by atoms with Gasteiger partial charge < -0.3 is 0 Å². The Morgan fingerprint density at radius 1 is 0.600 bits per heavy atom. The van der Waals surface area contributed by atoms with E-state index in [1.54, 1.807) is 0 Å². The molecule has 0 aliphatic heterocycles. The maximum absolute atomic E-state index is 2.24. The van der Waals surface area contributed by atoms with Crippen molar-refractivity contribution in [2.24, 2.45) is 0 Å². The smallest absolute Gasteiger partial charge is 0 e. The van der Waals surface area contributed by atoms with E-state index in [0.717, 1.165) is 0 Å². The van der Waals surface area contributed by atoms with Gasteiger partial charge in [-0.3, -0.25) is 0 Å². The molecule has 0 amide bonds. The maximum Gasteiger partial charge on any atom is 0 e. The SMILES string of the molecule is [Y].[Y].c1ccc2c(c1)[cH-]c1ccccc12. The van der Waals surface area contributed by atoms with Crippen molar-refractivity contribution >= 4 is 21.5 Å². The van der Waals surface area contributed by atoms with Crippen LogP contribution in [0.4, 0.5) is 0 Å². The van der Waals surface area contributed by atoms with E-state index < -0.39 is 0 Å². The molecule has 3 rings (SSSR count). The summed E-state index contributed by atoms with van der Waals surface area (Å²) in [5, 5.41) is 5.39. The Hall–Kier alpha value is 0.518. The van der Waals surface area contributed by atoms with Crippen LogP contribution in [0.5, 0.6) is 0 Å². The maximum atomic E-state index is 2.24. The van der Waals surface area contributed by atoms with Crippen molar-refractivity contribution in [3.05, 3.63) is 54.6 Å². The van der Waals surface area contributed by atoms with Crippen LogP contribution in [0, 0.1) is 0 Å². The molecule has 0 atom stereocenters. The Bertz CT molecular complexity index is 516. The summed E-state index contributed by atoms with van der Waals surface area (Å²) in [5.41, 5.74) is 0. The fraction of sp³-hybridized carbons (Fsp3) is 0. The zero-order chi connectivity index (χ0) is 8.67. The molecule has 0 saturated heterocycles. The number of hydrogen-bond acceptors (Lipinski definition) is 0. The van der Waals surface area contributed by atoms with Crippen molar-refractivity contribution in [1.29, 1.82) is 0 Å². The quantitative estimate of drug-likeness (QED) is 0.546. The summed E-state index contributed by atoms with van der Waals surface area (Å²) in [6.07, 6.45) is 0. The third kappa shape index (κ3) is 2.44. The van der Waals surface area contributed by atoms with Gasteiger partial charge >= 0.3 is 0 Å². The van der Waals surface area contributed by atoms with Crippen LogP contribution in [0.15, 0.2) is 54.6 Å². The van der Waals surface area contributed by atoms with Gasteiger partial charge in [-0.2, -0.15) is 0 Å². The largest absolute Gasteiger partial charge is 0.126 e. The predicted octanol–water partition coefficient (Wildman–Crippen LogP) is 3.71. The predicted molar refractivity (Wildman–Crippen MR) is 57.0 cm³/mol. The molecule has 0 aliphatic rings. The molecule has 0 unspecified atom stereocenters. The van der Waals surface area contributed by atoms with Crippen LogP contribution in [0.25, 0.3) is 21.5 Å². The molecule has 0 aliphatic carbocycles. The van der Waals surface area contributed by atoms with Gasteiger partial charge in [0.15, 0.2) is 0 Å². The van der Waals surface area contributed by atoms with Gasteiger partial charge in [-0.25, -0.2) is 0 Å². The van der Waals surface area contributed by atoms with Crippen LogP contribution in [0.1, 0.15) is 0 Å². The Balaban J connectivity index is 0.000000562. The minimum Gasteiger partial charge on any atom is -0.126 e. The summed E-state index contributed by atoms with van der Waals surface area (Å²) in [7, 11) is 0. The van der Waals surface area contributed by atoms with Crippen LogP contribution in [0.2, 0.25) is 0 Å². The Morgan fingerprint density at radius 2 is 1.00 bits per heavy atom. The topological polar surface area (TPSA) is 0 Å². The molecule has 0 nitrogen and oxygen atoms in total. The van der Waals surface area contributed by atoms with Crippen LogP contribution in [-0.2, 0) is 65.4 Å². The van der Waals surface area contributed by atoms with Crippen molar-refractivity contribution in [2.45, 2.75) is 0 Å².